The Labute approximate surface area is 113 Å². The summed E-state index contributed by atoms with van der Waals surface area (Å²) in [6, 6.07) is 9.84. The molecule has 0 aliphatic carbocycles. The van der Waals surface area contributed by atoms with Gasteiger partial charge in [-0.3, -0.25) is 0 Å². The fraction of sp³-hybridized carbons (Fsp3) is 0.571. The number of quaternary nitrogens is 1. The molecule has 1 aromatic carbocycles. The van der Waals surface area contributed by atoms with E-state index >= 15 is 0 Å². The van der Waals surface area contributed by atoms with Crippen LogP contribution in [-0.2, 0) is 0 Å². The van der Waals surface area contributed by atoms with E-state index in [2.05, 4.69) is 0 Å². The average Bonchev–Trinajstić information content (AvgIpc) is 2.46. The van der Waals surface area contributed by atoms with E-state index in [-0.39, 0.29) is 19.3 Å². The molecule has 5 nitrogen and oxygen atoms in total. The summed E-state index contributed by atoms with van der Waals surface area (Å²) in [4.78, 5) is 0.925. The van der Waals surface area contributed by atoms with E-state index in [1.807, 2.05) is 37.3 Å². The molecule has 19 heavy (non-hydrogen) atoms. The summed E-state index contributed by atoms with van der Waals surface area (Å²) in [6.07, 6.45) is -1.65. The second kappa shape index (κ2) is 8.24. The predicted octanol–water partition coefficient (Wildman–Crippen LogP) is -1.66. The highest BCUT2D eigenvalue weighted by molar-refractivity contribution is 5.16. The first kappa shape index (κ1) is 16.1. The van der Waals surface area contributed by atoms with Gasteiger partial charge in [0.25, 0.3) is 0 Å². The molecule has 1 rings (SSSR count). The highest BCUT2D eigenvalue weighted by Crippen LogP contribution is 2.07. The lowest BCUT2D eigenvalue weighted by molar-refractivity contribution is -0.935. The Hall–Kier alpha value is -0.980. The maximum absolute atomic E-state index is 9.59. The first-order chi connectivity index (χ1) is 9.08. The Morgan fingerprint density at radius 3 is 1.84 bits per heavy atom. The lowest BCUT2D eigenvalue weighted by atomic mass is 10.1. The number of hydrogen-bond donors (Lipinski definition) is 5. The highest BCUT2D eigenvalue weighted by Gasteiger charge is 2.24. The van der Waals surface area contributed by atoms with Crippen molar-refractivity contribution in [2.75, 3.05) is 26.3 Å². The fourth-order valence-corrected chi connectivity index (χ4v) is 2.15. The van der Waals surface area contributed by atoms with E-state index in [9.17, 15) is 10.2 Å². The molecule has 0 aromatic heterocycles. The van der Waals surface area contributed by atoms with Crippen molar-refractivity contribution in [1.29, 1.82) is 0 Å². The molecule has 3 atom stereocenters. The molecule has 0 unspecified atom stereocenters. The Balaban J connectivity index is 2.76. The third kappa shape index (κ3) is 5.26. The zero-order chi connectivity index (χ0) is 14.3. The normalized spacial score (nSPS) is 16.3. The molecular formula is C14H24NO4+. The van der Waals surface area contributed by atoms with Gasteiger partial charge in [-0.15, -0.1) is 0 Å². The van der Waals surface area contributed by atoms with Gasteiger partial charge in [0.15, 0.2) is 0 Å². The van der Waals surface area contributed by atoms with Gasteiger partial charge in [0.2, 0.25) is 0 Å². The summed E-state index contributed by atoms with van der Waals surface area (Å²) >= 11 is 0. The zero-order valence-corrected chi connectivity index (χ0v) is 11.2. The maximum Gasteiger partial charge on any atom is 0.126 e. The van der Waals surface area contributed by atoms with Crippen LogP contribution in [-0.4, -0.2) is 58.9 Å². The van der Waals surface area contributed by atoms with E-state index in [1.165, 1.54) is 0 Å². The Bertz CT molecular complexity index is 335. The summed E-state index contributed by atoms with van der Waals surface area (Å²) in [5, 5.41) is 37.1. The zero-order valence-electron chi connectivity index (χ0n) is 11.2. The van der Waals surface area contributed by atoms with Crippen LogP contribution in [0.1, 0.15) is 18.5 Å². The van der Waals surface area contributed by atoms with Gasteiger partial charge in [0.05, 0.1) is 13.2 Å². The van der Waals surface area contributed by atoms with Crippen molar-refractivity contribution in [3.63, 3.8) is 0 Å². The maximum atomic E-state index is 9.59. The largest absolute Gasteiger partial charge is 0.393 e. The van der Waals surface area contributed by atoms with Crippen LogP contribution >= 0.6 is 0 Å². The molecule has 0 amide bonds. The highest BCUT2D eigenvalue weighted by atomic mass is 16.3. The molecule has 0 spiro atoms. The van der Waals surface area contributed by atoms with Gasteiger partial charge in [0.1, 0.15) is 31.3 Å². The number of hydrogen-bond acceptors (Lipinski definition) is 4. The second-order valence-corrected chi connectivity index (χ2v) is 4.87. The van der Waals surface area contributed by atoms with Crippen molar-refractivity contribution in [2.24, 2.45) is 0 Å². The number of aliphatic hydroxyl groups excluding tert-OH is 4. The van der Waals surface area contributed by atoms with Crippen molar-refractivity contribution in [2.45, 2.75) is 25.2 Å². The number of aliphatic hydroxyl groups is 4. The molecule has 0 saturated heterocycles. The minimum absolute atomic E-state index is 0.0589. The van der Waals surface area contributed by atoms with Gasteiger partial charge >= 0.3 is 0 Å². The number of nitrogens with one attached hydrogen (secondary N) is 1. The topological polar surface area (TPSA) is 85.4 Å². The Morgan fingerprint density at radius 2 is 1.42 bits per heavy atom. The quantitative estimate of drug-likeness (QED) is 0.391. The molecule has 5 N–H and O–H groups in total. The van der Waals surface area contributed by atoms with Crippen LogP contribution in [0.25, 0.3) is 0 Å². The average molecular weight is 270 g/mol. The van der Waals surface area contributed by atoms with Crippen LogP contribution in [0.15, 0.2) is 30.3 Å². The van der Waals surface area contributed by atoms with E-state index in [4.69, 9.17) is 10.2 Å². The third-order valence-electron chi connectivity index (χ3n) is 3.33. The van der Waals surface area contributed by atoms with Crippen molar-refractivity contribution in [1.82, 2.24) is 0 Å². The van der Waals surface area contributed by atoms with Crippen LogP contribution in [0.4, 0.5) is 0 Å². The fourth-order valence-electron chi connectivity index (χ4n) is 2.15. The molecule has 0 aliphatic heterocycles. The third-order valence-corrected chi connectivity index (χ3v) is 3.33. The van der Waals surface area contributed by atoms with Crippen LogP contribution in [0.2, 0.25) is 0 Å². The molecular weight excluding hydrogens is 246 g/mol. The van der Waals surface area contributed by atoms with E-state index < -0.39 is 12.2 Å². The standard InChI is InChI=1S/C14H23NO4/c1-11(12-5-3-2-4-6-12)15(7-13(18)9-16)8-14(19)10-17/h2-6,11,13-14,16-19H,7-10H2,1H3/p+1/t11-,13+,14+/m1/s1. The molecule has 0 heterocycles. The smallest absolute Gasteiger partial charge is 0.126 e. The Kier molecular flexibility index (Phi) is 6.97. The van der Waals surface area contributed by atoms with Crippen molar-refractivity contribution >= 4 is 0 Å². The lowest BCUT2D eigenvalue weighted by Gasteiger charge is -2.29. The molecule has 0 radical (unpaired) electrons. The molecule has 1 aromatic rings. The number of benzene rings is 1. The predicted molar refractivity (Wildman–Crippen MR) is 71.7 cm³/mol. The molecule has 0 saturated carbocycles. The van der Waals surface area contributed by atoms with Gasteiger partial charge in [-0.05, 0) is 6.92 Å². The molecule has 0 fully saturated rings. The van der Waals surface area contributed by atoms with Gasteiger partial charge in [0, 0.05) is 5.56 Å². The summed E-state index contributed by atoms with van der Waals surface area (Å²) < 4.78 is 0. The monoisotopic (exact) mass is 270 g/mol. The molecule has 0 bridgehead atoms. The van der Waals surface area contributed by atoms with Crippen molar-refractivity contribution in [3.05, 3.63) is 35.9 Å². The molecule has 108 valence electrons. The minimum Gasteiger partial charge on any atom is -0.393 e. The van der Waals surface area contributed by atoms with Gasteiger partial charge < -0.3 is 25.3 Å². The van der Waals surface area contributed by atoms with Gasteiger partial charge in [-0.1, -0.05) is 30.3 Å². The SMILES string of the molecule is C[C@H](c1ccccc1)[NH+](C[C@H](O)CO)C[C@H](O)CO. The van der Waals surface area contributed by atoms with E-state index in [1.54, 1.807) is 0 Å². The van der Waals surface area contributed by atoms with Crippen LogP contribution in [0.5, 0.6) is 0 Å². The minimum atomic E-state index is -0.827. The Morgan fingerprint density at radius 1 is 0.947 bits per heavy atom. The van der Waals surface area contributed by atoms with Crippen LogP contribution in [0.3, 0.4) is 0 Å². The van der Waals surface area contributed by atoms with E-state index in [0.29, 0.717) is 13.1 Å². The summed E-state index contributed by atoms with van der Waals surface area (Å²) in [6.45, 7) is 2.03. The second-order valence-electron chi connectivity index (χ2n) is 4.87. The van der Waals surface area contributed by atoms with Crippen LogP contribution < -0.4 is 4.90 Å². The summed E-state index contributed by atoms with van der Waals surface area (Å²) in [7, 11) is 0. The first-order valence-corrected chi connectivity index (χ1v) is 6.55. The number of rotatable bonds is 8. The van der Waals surface area contributed by atoms with Gasteiger partial charge in [-0.2, -0.15) is 0 Å². The first-order valence-electron chi connectivity index (χ1n) is 6.55. The lowest BCUT2D eigenvalue weighted by Crippen LogP contribution is -3.14. The summed E-state index contributed by atoms with van der Waals surface area (Å²) in [5.74, 6) is 0. The van der Waals surface area contributed by atoms with E-state index in [0.717, 1.165) is 10.5 Å². The molecule has 5 heteroatoms. The van der Waals surface area contributed by atoms with Crippen molar-refractivity contribution in [3.8, 4) is 0 Å². The van der Waals surface area contributed by atoms with Gasteiger partial charge in [-0.25, -0.2) is 0 Å². The summed E-state index contributed by atoms with van der Waals surface area (Å²) in [5.41, 5.74) is 1.09. The van der Waals surface area contributed by atoms with Crippen molar-refractivity contribution < 1.29 is 25.3 Å². The van der Waals surface area contributed by atoms with Crippen LogP contribution in [0, 0.1) is 0 Å². The molecule has 0 aliphatic rings.